The molecule has 152 valence electrons. The summed E-state index contributed by atoms with van der Waals surface area (Å²) in [6.45, 7) is 2.61. The van der Waals surface area contributed by atoms with Crippen molar-refractivity contribution in [2.24, 2.45) is 5.73 Å². The molecule has 2 heterocycles. The lowest BCUT2D eigenvalue weighted by atomic mass is 10.1. The van der Waals surface area contributed by atoms with Crippen LogP contribution in [-0.2, 0) is 0 Å². The largest absolute Gasteiger partial charge is 0.457 e. The number of nitrogens with zero attached hydrogens (tertiary/aromatic N) is 4. The van der Waals surface area contributed by atoms with E-state index >= 15 is 0 Å². The van der Waals surface area contributed by atoms with Crippen LogP contribution < -0.4 is 15.4 Å². The van der Waals surface area contributed by atoms with E-state index in [1.807, 2.05) is 4.90 Å². The van der Waals surface area contributed by atoms with Gasteiger partial charge in [-0.3, -0.25) is 9.59 Å². The number of benzene rings is 2. The minimum Gasteiger partial charge on any atom is -0.457 e. The second kappa shape index (κ2) is 8.60. The number of hydrogen-bond acceptors (Lipinski definition) is 6. The maximum Gasteiger partial charge on any atom is 0.253 e. The highest BCUT2D eigenvalue weighted by Gasteiger charge is 2.23. The van der Waals surface area contributed by atoms with E-state index in [2.05, 4.69) is 14.9 Å². The van der Waals surface area contributed by atoms with Crippen LogP contribution in [0.1, 0.15) is 20.7 Å². The third-order valence-corrected chi connectivity index (χ3v) is 4.88. The van der Waals surface area contributed by atoms with Crippen LogP contribution >= 0.6 is 0 Å². The van der Waals surface area contributed by atoms with Crippen molar-refractivity contribution in [1.29, 1.82) is 0 Å². The molecule has 2 amide bonds. The molecule has 2 aromatic carbocycles. The van der Waals surface area contributed by atoms with Gasteiger partial charge in [-0.15, -0.1) is 0 Å². The standard InChI is InChI=1S/C22H21N5O3/c23-20(28)16-2-6-18(7-3-16)30-19-8-4-17(5-9-19)21(29)26-12-14-27(15-13-26)22-24-10-1-11-25-22/h1-11H,12-15H2,(H2,23,28). The van der Waals surface area contributed by atoms with Gasteiger partial charge in [0.25, 0.3) is 5.91 Å². The van der Waals surface area contributed by atoms with Crippen molar-refractivity contribution in [2.45, 2.75) is 0 Å². The van der Waals surface area contributed by atoms with Crippen molar-refractivity contribution in [3.05, 3.63) is 78.1 Å². The lowest BCUT2D eigenvalue weighted by molar-refractivity contribution is 0.0746. The van der Waals surface area contributed by atoms with Gasteiger partial charge in [0.15, 0.2) is 0 Å². The van der Waals surface area contributed by atoms with Crippen LogP contribution in [0.2, 0.25) is 0 Å². The molecule has 1 aromatic heterocycles. The summed E-state index contributed by atoms with van der Waals surface area (Å²) in [6.07, 6.45) is 3.44. The van der Waals surface area contributed by atoms with Crippen LogP contribution in [0, 0.1) is 0 Å². The van der Waals surface area contributed by atoms with Crippen LogP contribution in [0.3, 0.4) is 0 Å². The molecule has 0 atom stereocenters. The number of primary amides is 1. The van der Waals surface area contributed by atoms with Gasteiger partial charge in [0, 0.05) is 49.7 Å². The van der Waals surface area contributed by atoms with Gasteiger partial charge in [-0.25, -0.2) is 9.97 Å². The summed E-state index contributed by atoms with van der Waals surface area (Å²) < 4.78 is 5.76. The normalized spacial score (nSPS) is 13.7. The second-order valence-corrected chi connectivity index (χ2v) is 6.84. The number of carbonyl (C=O) groups is 2. The lowest BCUT2D eigenvalue weighted by Gasteiger charge is -2.34. The third kappa shape index (κ3) is 4.38. The summed E-state index contributed by atoms with van der Waals surface area (Å²) in [4.78, 5) is 36.4. The van der Waals surface area contributed by atoms with Gasteiger partial charge in [0.05, 0.1) is 0 Å². The predicted molar refractivity (Wildman–Crippen MR) is 112 cm³/mol. The first-order chi connectivity index (χ1) is 14.6. The molecule has 3 aromatic rings. The van der Waals surface area contributed by atoms with Crippen molar-refractivity contribution < 1.29 is 14.3 Å². The lowest BCUT2D eigenvalue weighted by Crippen LogP contribution is -2.49. The van der Waals surface area contributed by atoms with Crippen LogP contribution in [0.25, 0.3) is 0 Å². The van der Waals surface area contributed by atoms with Crippen molar-refractivity contribution >= 4 is 17.8 Å². The summed E-state index contributed by atoms with van der Waals surface area (Å²) in [5.41, 5.74) is 6.26. The van der Waals surface area contributed by atoms with Crippen LogP contribution in [0.4, 0.5) is 5.95 Å². The Kier molecular flexibility index (Phi) is 5.56. The third-order valence-electron chi connectivity index (χ3n) is 4.88. The van der Waals surface area contributed by atoms with E-state index in [0.29, 0.717) is 54.8 Å². The number of rotatable bonds is 5. The molecular weight excluding hydrogens is 382 g/mol. The average Bonchev–Trinajstić information content (AvgIpc) is 2.80. The Balaban J connectivity index is 1.34. The van der Waals surface area contributed by atoms with Crippen molar-refractivity contribution in [1.82, 2.24) is 14.9 Å². The number of hydrogen-bond donors (Lipinski definition) is 1. The van der Waals surface area contributed by atoms with E-state index in [1.54, 1.807) is 67.0 Å². The van der Waals surface area contributed by atoms with Gasteiger partial charge in [-0.05, 0) is 54.6 Å². The Labute approximate surface area is 173 Å². The van der Waals surface area contributed by atoms with Crippen LogP contribution in [0.5, 0.6) is 11.5 Å². The van der Waals surface area contributed by atoms with E-state index in [1.165, 1.54) is 0 Å². The maximum atomic E-state index is 12.8. The molecule has 0 spiro atoms. The first kappa shape index (κ1) is 19.4. The Morgan fingerprint density at radius 3 is 1.87 bits per heavy atom. The van der Waals surface area contributed by atoms with E-state index < -0.39 is 5.91 Å². The smallest absolute Gasteiger partial charge is 0.253 e. The fourth-order valence-electron chi connectivity index (χ4n) is 3.24. The molecular formula is C22H21N5O3. The number of ether oxygens (including phenoxy) is 1. The van der Waals surface area contributed by atoms with Gasteiger partial charge in [-0.2, -0.15) is 0 Å². The molecule has 4 rings (SSSR count). The Morgan fingerprint density at radius 1 is 0.800 bits per heavy atom. The molecule has 8 nitrogen and oxygen atoms in total. The minimum absolute atomic E-state index is 0.0130. The molecule has 1 aliphatic rings. The number of amides is 2. The fraction of sp³-hybridized carbons (Fsp3) is 0.182. The van der Waals surface area contributed by atoms with Gasteiger partial charge in [0.1, 0.15) is 11.5 Å². The monoisotopic (exact) mass is 403 g/mol. The first-order valence-electron chi connectivity index (χ1n) is 9.59. The molecule has 1 aliphatic heterocycles. The summed E-state index contributed by atoms with van der Waals surface area (Å²) in [5, 5.41) is 0. The van der Waals surface area contributed by atoms with Crippen LogP contribution in [0.15, 0.2) is 67.0 Å². The summed E-state index contributed by atoms with van der Waals surface area (Å²) in [6, 6.07) is 15.4. The molecule has 0 saturated carbocycles. The maximum absolute atomic E-state index is 12.8. The number of aromatic nitrogens is 2. The summed E-state index contributed by atoms with van der Waals surface area (Å²) in [5.74, 6) is 1.38. The molecule has 8 heteroatoms. The number of carbonyl (C=O) groups excluding carboxylic acids is 2. The summed E-state index contributed by atoms with van der Waals surface area (Å²) >= 11 is 0. The van der Waals surface area contributed by atoms with E-state index in [9.17, 15) is 9.59 Å². The second-order valence-electron chi connectivity index (χ2n) is 6.84. The molecule has 0 unspecified atom stereocenters. The Bertz CT molecular complexity index is 1010. The van der Waals surface area contributed by atoms with Crippen molar-refractivity contribution in [2.75, 3.05) is 31.1 Å². The minimum atomic E-state index is -0.485. The molecule has 30 heavy (non-hydrogen) atoms. The van der Waals surface area contributed by atoms with Gasteiger partial charge in [0.2, 0.25) is 11.9 Å². The Hall–Kier alpha value is -3.94. The van der Waals surface area contributed by atoms with Crippen LogP contribution in [-0.4, -0.2) is 52.9 Å². The zero-order valence-corrected chi connectivity index (χ0v) is 16.3. The van der Waals surface area contributed by atoms with Gasteiger partial charge in [-0.1, -0.05) is 0 Å². The highest BCUT2D eigenvalue weighted by molar-refractivity contribution is 5.94. The molecule has 1 saturated heterocycles. The SMILES string of the molecule is NC(=O)c1ccc(Oc2ccc(C(=O)N3CCN(c4ncccn4)CC3)cc2)cc1. The summed E-state index contributed by atoms with van der Waals surface area (Å²) in [7, 11) is 0. The van der Waals surface area contributed by atoms with Gasteiger partial charge < -0.3 is 20.3 Å². The molecule has 0 bridgehead atoms. The molecule has 1 fully saturated rings. The first-order valence-corrected chi connectivity index (χ1v) is 9.59. The highest BCUT2D eigenvalue weighted by atomic mass is 16.5. The quantitative estimate of drug-likeness (QED) is 0.702. The molecule has 2 N–H and O–H groups in total. The number of piperazine rings is 1. The fourth-order valence-corrected chi connectivity index (χ4v) is 3.24. The number of anilines is 1. The predicted octanol–water partition coefficient (Wildman–Crippen LogP) is 2.33. The van der Waals surface area contributed by atoms with Crippen molar-refractivity contribution in [3.8, 4) is 11.5 Å². The Morgan fingerprint density at radius 2 is 1.33 bits per heavy atom. The van der Waals surface area contributed by atoms with Crippen molar-refractivity contribution in [3.63, 3.8) is 0 Å². The molecule has 0 radical (unpaired) electrons. The van der Waals surface area contributed by atoms with E-state index in [4.69, 9.17) is 10.5 Å². The van der Waals surface area contributed by atoms with Gasteiger partial charge >= 0.3 is 0 Å². The zero-order chi connectivity index (χ0) is 20.9. The average molecular weight is 403 g/mol. The van der Waals surface area contributed by atoms with E-state index in [0.717, 1.165) is 0 Å². The van der Waals surface area contributed by atoms with E-state index in [-0.39, 0.29) is 5.91 Å². The molecule has 0 aliphatic carbocycles. The highest BCUT2D eigenvalue weighted by Crippen LogP contribution is 2.23. The topological polar surface area (TPSA) is 102 Å². The zero-order valence-electron chi connectivity index (χ0n) is 16.3. The number of nitrogens with two attached hydrogens (primary N) is 1.